The standard InChI is InChI=1S/C14H21NO2/c1-4-15-14(3,13(16)17-5-2)11-12-9-7-6-8-10-12/h6-10,15H,4-5,11H2,1-3H3. The summed E-state index contributed by atoms with van der Waals surface area (Å²) in [5, 5.41) is 3.22. The van der Waals surface area contributed by atoms with Crippen LogP contribution in [0.15, 0.2) is 30.3 Å². The summed E-state index contributed by atoms with van der Waals surface area (Å²) in [6.45, 7) is 6.85. The highest BCUT2D eigenvalue weighted by molar-refractivity contribution is 5.80. The first-order chi connectivity index (χ1) is 8.12. The van der Waals surface area contributed by atoms with Gasteiger partial charge in [-0.05, 0) is 26.0 Å². The molecular formula is C14H21NO2. The van der Waals surface area contributed by atoms with Crippen LogP contribution in [-0.2, 0) is 16.0 Å². The van der Waals surface area contributed by atoms with Crippen LogP contribution >= 0.6 is 0 Å². The van der Waals surface area contributed by atoms with E-state index in [-0.39, 0.29) is 5.97 Å². The maximum absolute atomic E-state index is 12.0. The highest BCUT2D eigenvalue weighted by Gasteiger charge is 2.33. The van der Waals surface area contributed by atoms with Crippen molar-refractivity contribution >= 4 is 5.97 Å². The predicted molar refractivity (Wildman–Crippen MR) is 68.9 cm³/mol. The van der Waals surface area contributed by atoms with E-state index in [2.05, 4.69) is 5.32 Å². The third kappa shape index (κ3) is 3.86. The number of likely N-dealkylation sites (N-methyl/N-ethyl adjacent to an activating group) is 1. The molecule has 0 aliphatic rings. The van der Waals surface area contributed by atoms with Crippen LogP contribution in [0.1, 0.15) is 26.3 Å². The lowest BCUT2D eigenvalue weighted by Gasteiger charge is -2.28. The van der Waals surface area contributed by atoms with Gasteiger partial charge in [-0.1, -0.05) is 37.3 Å². The molecule has 1 N–H and O–H groups in total. The van der Waals surface area contributed by atoms with E-state index in [4.69, 9.17) is 4.74 Å². The summed E-state index contributed by atoms with van der Waals surface area (Å²) < 4.78 is 5.13. The number of esters is 1. The number of rotatable bonds is 6. The molecule has 0 bridgehead atoms. The first kappa shape index (κ1) is 13.7. The largest absolute Gasteiger partial charge is 0.465 e. The highest BCUT2D eigenvalue weighted by Crippen LogP contribution is 2.15. The van der Waals surface area contributed by atoms with Crippen molar-refractivity contribution in [1.82, 2.24) is 5.32 Å². The van der Waals surface area contributed by atoms with Crippen molar-refractivity contribution in [3.8, 4) is 0 Å². The van der Waals surface area contributed by atoms with Gasteiger partial charge in [0.1, 0.15) is 5.54 Å². The van der Waals surface area contributed by atoms with Gasteiger partial charge in [-0.2, -0.15) is 0 Å². The maximum atomic E-state index is 12.0. The van der Waals surface area contributed by atoms with Crippen LogP contribution in [0, 0.1) is 0 Å². The number of carbonyl (C=O) groups is 1. The fourth-order valence-corrected chi connectivity index (χ4v) is 1.89. The number of benzene rings is 1. The Balaban J connectivity index is 2.81. The molecule has 0 fully saturated rings. The summed E-state index contributed by atoms with van der Waals surface area (Å²) in [7, 11) is 0. The van der Waals surface area contributed by atoms with Crippen LogP contribution in [0.5, 0.6) is 0 Å². The first-order valence-electron chi connectivity index (χ1n) is 6.08. The number of ether oxygens (including phenoxy) is 1. The minimum atomic E-state index is -0.647. The van der Waals surface area contributed by atoms with Gasteiger partial charge < -0.3 is 10.1 Å². The number of hydrogen-bond acceptors (Lipinski definition) is 3. The minimum absolute atomic E-state index is 0.189. The molecule has 1 unspecified atom stereocenters. The summed E-state index contributed by atoms with van der Waals surface area (Å²) in [6.07, 6.45) is 0.639. The molecule has 0 amide bonds. The Morgan fingerprint density at radius 3 is 2.47 bits per heavy atom. The van der Waals surface area contributed by atoms with E-state index >= 15 is 0 Å². The lowest BCUT2D eigenvalue weighted by Crippen LogP contribution is -2.52. The van der Waals surface area contributed by atoms with E-state index in [1.54, 1.807) is 0 Å². The van der Waals surface area contributed by atoms with Gasteiger partial charge in [0.25, 0.3) is 0 Å². The van der Waals surface area contributed by atoms with Crippen LogP contribution in [0.4, 0.5) is 0 Å². The average Bonchev–Trinajstić information content (AvgIpc) is 2.31. The minimum Gasteiger partial charge on any atom is -0.465 e. The Labute approximate surface area is 103 Å². The van der Waals surface area contributed by atoms with Crippen LogP contribution in [-0.4, -0.2) is 24.7 Å². The third-order valence-corrected chi connectivity index (χ3v) is 2.69. The topological polar surface area (TPSA) is 38.3 Å². The van der Waals surface area contributed by atoms with Crippen LogP contribution in [0.3, 0.4) is 0 Å². The Morgan fingerprint density at radius 1 is 1.29 bits per heavy atom. The van der Waals surface area contributed by atoms with Gasteiger partial charge in [-0.3, -0.25) is 4.79 Å². The summed E-state index contributed by atoms with van der Waals surface area (Å²) in [5.74, 6) is -0.189. The van der Waals surface area contributed by atoms with E-state index in [0.29, 0.717) is 13.0 Å². The fourth-order valence-electron chi connectivity index (χ4n) is 1.89. The zero-order chi connectivity index (χ0) is 12.7. The second kappa shape index (κ2) is 6.40. The van der Waals surface area contributed by atoms with E-state index in [0.717, 1.165) is 12.1 Å². The molecular weight excluding hydrogens is 214 g/mol. The normalized spacial score (nSPS) is 14.1. The van der Waals surface area contributed by atoms with Crippen molar-refractivity contribution in [2.24, 2.45) is 0 Å². The molecule has 1 aromatic carbocycles. The molecule has 0 spiro atoms. The molecule has 0 saturated carbocycles. The Bertz CT molecular complexity index is 350. The Morgan fingerprint density at radius 2 is 1.94 bits per heavy atom. The Kier molecular flexibility index (Phi) is 5.16. The maximum Gasteiger partial charge on any atom is 0.326 e. The summed E-state index contributed by atoms with van der Waals surface area (Å²) in [5.41, 5.74) is 0.482. The van der Waals surface area contributed by atoms with E-state index < -0.39 is 5.54 Å². The monoisotopic (exact) mass is 235 g/mol. The molecule has 0 aliphatic carbocycles. The zero-order valence-corrected chi connectivity index (χ0v) is 10.8. The SMILES string of the molecule is CCNC(C)(Cc1ccccc1)C(=O)OCC. The molecule has 1 aromatic rings. The lowest BCUT2D eigenvalue weighted by atomic mass is 9.93. The van der Waals surface area contributed by atoms with Crippen LogP contribution < -0.4 is 5.32 Å². The molecule has 1 atom stereocenters. The second-order valence-electron chi connectivity index (χ2n) is 4.25. The van der Waals surface area contributed by atoms with Crippen molar-refractivity contribution < 1.29 is 9.53 Å². The zero-order valence-electron chi connectivity index (χ0n) is 10.8. The molecule has 3 heteroatoms. The van der Waals surface area contributed by atoms with Crippen molar-refractivity contribution in [3.63, 3.8) is 0 Å². The van der Waals surface area contributed by atoms with Gasteiger partial charge in [0.15, 0.2) is 0 Å². The first-order valence-corrected chi connectivity index (χ1v) is 6.08. The highest BCUT2D eigenvalue weighted by atomic mass is 16.5. The second-order valence-corrected chi connectivity index (χ2v) is 4.25. The van der Waals surface area contributed by atoms with E-state index in [1.807, 2.05) is 51.1 Å². The smallest absolute Gasteiger partial charge is 0.326 e. The van der Waals surface area contributed by atoms with Crippen molar-refractivity contribution in [2.45, 2.75) is 32.7 Å². The third-order valence-electron chi connectivity index (χ3n) is 2.69. The number of nitrogens with one attached hydrogen (secondary N) is 1. The summed E-state index contributed by atoms with van der Waals surface area (Å²) >= 11 is 0. The predicted octanol–water partition coefficient (Wildman–Crippen LogP) is 2.16. The van der Waals surface area contributed by atoms with E-state index in [9.17, 15) is 4.79 Å². The molecule has 0 aromatic heterocycles. The van der Waals surface area contributed by atoms with Gasteiger partial charge in [0.2, 0.25) is 0 Å². The molecule has 0 aliphatic heterocycles. The van der Waals surface area contributed by atoms with Crippen molar-refractivity contribution in [1.29, 1.82) is 0 Å². The number of carbonyl (C=O) groups excluding carboxylic acids is 1. The van der Waals surface area contributed by atoms with E-state index in [1.165, 1.54) is 0 Å². The van der Waals surface area contributed by atoms with Crippen LogP contribution in [0.2, 0.25) is 0 Å². The van der Waals surface area contributed by atoms with Crippen molar-refractivity contribution in [3.05, 3.63) is 35.9 Å². The molecule has 1 rings (SSSR count). The summed E-state index contributed by atoms with van der Waals surface area (Å²) in [4.78, 5) is 12.0. The molecule has 0 saturated heterocycles. The summed E-state index contributed by atoms with van der Waals surface area (Å²) in [6, 6.07) is 9.97. The van der Waals surface area contributed by atoms with Crippen LogP contribution in [0.25, 0.3) is 0 Å². The Hall–Kier alpha value is -1.35. The van der Waals surface area contributed by atoms with Gasteiger partial charge in [0, 0.05) is 6.42 Å². The quantitative estimate of drug-likeness (QED) is 0.768. The van der Waals surface area contributed by atoms with Gasteiger partial charge in [0.05, 0.1) is 6.61 Å². The molecule has 94 valence electrons. The van der Waals surface area contributed by atoms with Crippen molar-refractivity contribution in [2.75, 3.05) is 13.2 Å². The number of hydrogen-bond donors (Lipinski definition) is 1. The lowest BCUT2D eigenvalue weighted by molar-refractivity contribution is -0.150. The average molecular weight is 235 g/mol. The molecule has 17 heavy (non-hydrogen) atoms. The fraction of sp³-hybridized carbons (Fsp3) is 0.500. The molecule has 0 heterocycles. The van der Waals surface area contributed by atoms with Gasteiger partial charge in [-0.25, -0.2) is 0 Å². The molecule has 3 nitrogen and oxygen atoms in total. The molecule has 0 radical (unpaired) electrons. The van der Waals surface area contributed by atoms with Gasteiger partial charge in [-0.15, -0.1) is 0 Å². The van der Waals surface area contributed by atoms with Gasteiger partial charge >= 0.3 is 5.97 Å².